The summed E-state index contributed by atoms with van der Waals surface area (Å²) in [5.41, 5.74) is 3.49. The van der Waals surface area contributed by atoms with Crippen LogP contribution < -0.4 is 0 Å². The van der Waals surface area contributed by atoms with Crippen molar-refractivity contribution in [1.82, 2.24) is 15.0 Å². The van der Waals surface area contributed by atoms with Crippen LogP contribution in [0.2, 0.25) is 0 Å². The molecule has 0 saturated carbocycles. The third-order valence-corrected chi connectivity index (χ3v) is 4.51. The van der Waals surface area contributed by atoms with Gasteiger partial charge in [0, 0.05) is 29.7 Å². The summed E-state index contributed by atoms with van der Waals surface area (Å²) in [7, 11) is 0. The molecule has 5 heteroatoms. The maximum absolute atomic E-state index is 13.2. The van der Waals surface area contributed by atoms with Crippen LogP contribution in [0.15, 0.2) is 72.5 Å². The van der Waals surface area contributed by atoms with Gasteiger partial charge in [-0.2, -0.15) is 0 Å². The molecule has 0 spiro atoms. The Morgan fingerprint density at radius 3 is 2.38 bits per heavy atom. The molecule has 0 unspecified atom stereocenters. The summed E-state index contributed by atoms with van der Waals surface area (Å²) < 4.78 is 13.2. The zero-order valence-corrected chi connectivity index (χ0v) is 13.4. The van der Waals surface area contributed by atoms with Gasteiger partial charge in [0.15, 0.2) is 5.82 Å². The molecule has 0 amide bonds. The van der Waals surface area contributed by atoms with Gasteiger partial charge in [-0.05, 0) is 41.3 Å². The lowest BCUT2D eigenvalue weighted by Gasteiger charge is -2.10. The van der Waals surface area contributed by atoms with Crippen LogP contribution >= 0.6 is 11.3 Å². The van der Waals surface area contributed by atoms with E-state index in [1.807, 2.05) is 29.6 Å². The maximum atomic E-state index is 13.2. The molecular formula is C19H12FN3S. The predicted molar refractivity (Wildman–Crippen MR) is 94.0 cm³/mol. The number of aromatic nitrogens is 3. The van der Waals surface area contributed by atoms with Gasteiger partial charge in [-0.3, -0.25) is 4.98 Å². The van der Waals surface area contributed by atoms with E-state index in [0.717, 1.165) is 27.3 Å². The molecule has 3 aromatic heterocycles. The van der Waals surface area contributed by atoms with Gasteiger partial charge in [-0.1, -0.05) is 18.2 Å². The van der Waals surface area contributed by atoms with Crippen molar-refractivity contribution in [2.75, 3.05) is 0 Å². The van der Waals surface area contributed by atoms with Crippen molar-refractivity contribution in [2.24, 2.45) is 0 Å². The van der Waals surface area contributed by atoms with Gasteiger partial charge in [0.05, 0.1) is 10.6 Å². The summed E-state index contributed by atoms with van der Waals surface area (Å²) in [4.78, 5) is 14.3. The SMILES string of the molecule is Fc1ccc(-c2cnc(-c3cccs3)nc2-c2ccncc2)cc1. The monoisotopic (exact) mass is 333 g/mol. The van der Waals surface area contributed by atoms with Gasteiger partial charge in [0.1, 0.15) is 5.82 Å². The van der Waals surface area contributed by atoms with Gasteiger partial charge in [0.25, 0.3) is 0 Å². The Kier molecular flexibility index (Phi) is 3.84. The Morgan fingerprint density at radius 1 is 0.875 bits per heavy atom. The molecule has 116 valence electrons. The highest BCUT2D eigenvalue weighted by Crippen LogP contribution is 2.32. The highest BCUT2D eigenvalue weighted by Gasteiger charge is 2.13. The minimum atomic E-state index is -0.264. The van der Waals surface area contributed by atoms with Crippen molar-refractivity contribution in [1.29, 1.82) is 0 Å². The van der Waals surface area contributed by atoms with Crippen LogP contribution in [0.5, 0.6) is 0 Å². The number of nitrogens with zero attached hydrogens (tertiary/aromatic N) is 3. The summed E-state index contributed by atoms with van der Waals surface area (Å²) in [6, 6.07) is 14.2. The molecule has 0 aliphatic heterocycles. The predicted octanol–water partition coefficient (Wildman–Crippen LogP) is 5.07. The molecule has 0 saturated heterocycles. The molecule has 1 aromatic carbocycles. The molecule has 3 heterocycles. The second-order valence-corrected chi connectivity index (χ2v) is 6.12. The second kappa shape index (κ2) is 6.29. The number of pyridine rings is 1. The van der Waals surface area contributed by atoms with Crippen LogP contribution in [0, 0.1) is 5.82 Å². The topological polar surface area (TPSA) is 38.7 Å². The van der Waals surface area contributed by atoms with Crippen molar-refractivity contribution < 1.29 is 4.39 Å². The van der Waals surface area contributed by atoms with Crippen molar-refractivity contribution in [3.05, 3.63) is 78.3 Å². The first kappa shape index (κ1) is 14.7. The zero-order valence-electron chi connectivity index (χ0n) is 12.6. The van der Waals surface area contributed by atoms with Gasteiger partial charge >= 0.3 is 0 Å². The quantitative estimate of drug-likeness (QED) is 0.525. The molecule has 4 aromatic rings. The largest absolute Gasteiger partial charge is 0.265 e. The highest BCUT2D eigenvalue weighted by molar-refractivity contribution is 7.13. The van der Waals surface area contributed by atoms with E-state index in [1.165, 1.54) is 12.1 Å². The molecule has 0 aliphatic rings. The molecule has 0 radical (unpaired) electrons. The number of hydrogen-bond acceptors (Lipinski definition) is 4. The lowest BCUT2D eigenvalue weighted by atomic mass is 10.0. The third kappa shape index (κ3) is 2.81. The minimum absolute atomic E-state index is 0.264. The summed E-state index contributed by atoms with van der Waals surface area (Å²) >= 11 is 1.60. The fourth-order valence-electron chi connectivity index (χ4n) is 2.48. The van der Waals surface area contributed by atoms with Crippen LogP contribution in [0.4, 0.5) is 4.39 Å². The van der Waals surface area contributed by atoms with Crippen molar-refractivity contribution in [3.8, 4) is 33.1 Å². The average Bonchev–Trinajstić information content (AvgIpc) is 3.17. The van der Waals surface area contributed by atoms with Crippen LogP contribution in [0.1, 0.15) is 0 Å². The van der Waals surface area contributed by atoms with E-state index in [0.29, 0.717) is 5.82 Å². The summed E-state index contributed by atoms with van der Waals surface area (Å²) in [5.74, 6) is 0.419. The van der Waals surface area contributed by atoms with Crippen LogP contribution in [0.25, 0.3) is 33.1 Å². The number of halogens is 1. The molecule has 24 heavy (non-hydrogen) atoms. The van der Waals surface area contributed by atoms with Crippen LogP contribution in [-0.2, 0) is 0 Å². The summed E-state index contributed by atoms with van der Waals surface area (Å²) in [5, 5.41) is 2.00. The Hall–Kier alpha value is -2.92. The smallest absolute Gasteiger partial charge is 0.170 e. The fourth-order valence-corrected chi connectivity index (χ4v) is 3.14. The number of rotatable bonds is 3. The van der Waals surface area contributed by atoms with Crippen molar-refractivity contribution in [2.45, 2.75) is 0 Å². The molecule has 3 nitrogen and oxygen atoms in total. The molecule has 0 atom stereocenters. The van der Waals surface area contributed by atoms with E-state index in [-0.39, 0.29) is 5.82 Å². The summed E-state index contributed by atoms with van der Waals surface area (Å²) in [6.45, 7) is 0. The van der Waals surface area contributed by atoms with Crippen molar-refractivity contribution in [3.63, 3.8) is 0 Å². The molecule has 4 rings (SSSR count). The van der Waals surface area contributed by atoms with Gasteiger partial charge in [-0.15, -0.1) is 11.3 Å². The minimum Gasteiger partial charge on any atom is -0.265 e. The van der Waals surface area contributed by atoms with E-state index >= 15 is 0 Å². The summed E-state index contributed by atoms with van der Waals surface area (Å²) in [6.07, 6.45) is 5.26. The number of benzene rings is 1. The first-order chi connectivity index (χ1) is 11.8. The van der Waals surface area contributed by atoms with Gasteiger partial charge < -0.3 is 0 Å². The van der Waals surface area contributed by atoms with Crippen LogP contribution in [-0.4, -0.2) is 15.0 Å². The van der Waals surface area contributed by atoms with E-state index in [9.17, 15) is 4.39 Å². The lowest BCUT2D eigenvalue weighted by molar-refractivity contribution is 0.628. The maximum Gasteiger partial charge on any atom is 0.170 e. The highest BCUT2D eigenvalue weighted by atomic mass is 32.1. The third-order valence-electron chi connectivity index (χ3n) is 3.64. The van der Waals surface area contributed by atoms with E-state index in [2.05, 4.69) is 9.97 Å². The molecule has 0 bridgehead atoms. The molecule has 0 N–H and O–H groups in total. The zero-order chi connectivity index (χ0) is 16.4. The average molecular weight is 333 g/mol. The molecule has 0 fully saturated rings. The standard InChI is InChI=1S/C19H12FN3S/c20-15-5-3-13(4-6-15)16-12-22-19(17-2-1-11-24-17)23-18(16)14-7-9-21-10-8-14/h1-12H. The lowest BCUT2D eigenvalue weighted by Crippen LogP contribution is -1.95. The van der Waals surface area contributed by atoms with Crippen molar-refractivity contribution >= 4 is 11.3 Å². The second-order valence-electron chi connectivity index (χ2n) is 5.18. The number of thiophene rings is 1. The van der Waals surface area contributed by atoms with Gasteiger partial charge in [0.2, 0.25) is 0 Å². The normalized spacial score (nSPS) is 10.7. The number of hydrogen-bond donors (Lipinski definition) is 0. The first-order valence-corrected chi connectivity index (χ1v) is 8.26. The van der Waals surface area contributed by atoms with Crippen LogP contribution in [0.3, 0.4) is 0 Å². The van der Waals surface area contributed by atoms with E-state index < -0.39 is 0 Å². The molecule has 0 aliphatic carbocycles. The Bertz CT molecular complexity index is 952. The fraction of sp³-hybridized carbons (Fsp3) is 0. The Labute approximate surface area is 142 Å². The Balaban J connectivity index is 1.91. The molecular weight excluding hydrogens is 321 g/mol. The first-order valence-electron chi connectivity index (χ1n) is 7.38. The van der Waals surface area contributed by atoms with E-state index in [1.54, 1.807) is 42.1 Å². The van der Waals surface area contributed by atoms with Gasteiger partial charge in [-0.25, -0.2) is 14.4 Å². The van der Waals surface area contributed by atoms with E-state index in [4.69, 9.17) is 4.98 Å². The Morgan fingerprint density at radius 2 is 1.67 bits per heavy atom.